The first kappa shape index (κ1) is 18.6. The van der Waals surface area contributed by atoms with Gasteiger partial charge in [0.25, 0.3) is 0 Å². The van der Waals surface area contributed by atoms with E-state index < -0.39 is 17.8 Å². The van der Waals surface area contributed by atoms with Crippen molar-refractivity contribution in [3.05, 3.63) is 59.2 Å². The lowest BCUT2D eigenvalue weighted by atomic mass is 10.1. The largest absolute Gasteiger partial charge is 0.418 e. The van der Waals surface area contributed by atoms with Crippen molar-refractivity contribution in [3.8, 4) is 0 Å². The van der Waals surface area contributed by atoms with Gasteiger partial charge in [0.2, 0.25) is 0 Å². The van der Waals surface area contributed by atoms with Gasteiger partial charge in [-0.3, -0.25) is 0 Å². The Morgan fingerprint density at radius 3 is 2.40 bits per heavy atom. The number of carbonyl (C=O) groups is 1. The third-order valence-corrected chi connectivity index (χ3v) is 3.77. The molecule has 2 rings (SSSR count). The van der Waals surface area contributed by atoms with Crippen molar-refractivity contribution in [2.24, 2.45) is 0 Å². The zero-order valence-corrected chi connectivity index (χ0v) is 14.2. The second-order valence-electron chi connectivity index (χ2n) is 5.86. The van der Waals surface area contributed by atoms with E-state index >= 15 is 0 Å². The van der Waals surface area contributed by atoms with Gasteiger partial charge < -0.3 is 15.5 Å². The number of nitrogens with one attached hydrogen (secondary N) is 2. The van der Waals surface area contributed by atoms with Crippen LogP contribution in [0.25, 0.3) is 0 Å². The van der Waals surface area contributed by atoms with Crippen LogP contribution in [-0.4, -0.2) is 20.1 Å². The summed E-state index contributed by atoms with van der Waals surface area (Å²) in [5, 5.41) is 4.86. The van der Waals surface area contributed by atoms with Crippen molar-refractivity contribution in [2.45, 2.75) is 19.6 Å². The maximum Gasteiger partial charge on any atom is 0.418 e. The number of urea groups is 1. The van der Waals surface area contributed by atoms with Crippen molar-refractivity contribution in [1.82, 2.24) is 5.32 Å². The first-order valence-electron chi connectivity index (χ1n) is 7.66. The summed E-state index contributed by atoms with van der Waals surface area (Å²) in [5.41, 5.74) is 1.13. The average Bonchev–Trinajstić information content (AvgIpc) is 2.53. The van der Waals surface area contributed by atoms with Crippen LogP contribution in [0.15, 0.2) is 42.5 Å². The van der Waals surface area contributed by atoms with E-state index in [0.717, 1.165) is 17.2 Å². The summed E-state index contributed by atoms with van der Waals surface area (Å²) in [5.74, 6) is 0. The highest BCUT2D eigenvalue weighted by Gasteiger charge is 2.34. The van der Waals surface area contributed by atoms with Crippen LogP contribution in [0, 0.1) is 6.92 Å². The summed E-state index contributed by atoms with van der Waals surface area (Å²) < 4.78 is 39.8. The van der Waals surface area contributed by atoms with Gasteiger partial charge >= 0.3 is 12.2 Å². The van der Waals surface area contributed by atoms with Crippen molar-refractivity contribution in [1.29, 1.82) is 0 Å². The highest BCUT2D eigenvalue weighted by atomic mass is 19.4. The van der Waals surface area contributed by atoms with E-state index in [-0.39, 0.29) is 12.2 Å². The normalized spacial score (nSPS) is 11.1. The fraction of sp³-hybridized carbons (Fsp3) is 0.278. The first-order chi connectivity index (χ1) is 11.7. The van der Waals surface area contributed by atoms with Gasteiger partial charge in [0, 0.05) is 26.3 Å². The van der Waals surface area contributed by atoms with E-state index in [0.29, 0.717) is 5.69 Å². The molecule has 25 heavy (non-hydrogen) atoms. The predicted octanol–water partition coefficient (Wildman–Crippen LogP) is 4.40. The number of rotatable bonds is 4. The number of nitrogens with zero attached hydrogens (tertiary/aromatic N) is 1. The Morgan fingerprint density at radius 1 is 1.12 bits per heavy atom. The zero-order chi connectivity index (χ0) is 18.6. The highest BCUT2D eigenvalue weighted by Crippen LogP contribution is 2.37. The molecule has 4 nitrogen and oxygen atoms in total. The molecule has 2 N–H and O–H groups in total. The summed E-state index contributed by atoms with van der Waals surface area (Å²) in [6, 6.07) is 10.6. The van der Waals surface area contributed by atoms with Crippen molar-refractivity contribution >= 4 is 17.4 Å². The molecule has 0 aliphatic rings. The van der Waals surface area contributed by atoms with Gasteiger partial charge in [0.05, 0.1) is 11.3 Å². The Balaban J connectivity index is 2.13. The quantitative estimate of drug-likeness (QED) is 0.857. The Hall–Kier alpha value is -2.70. The third-order valence-electron chi connectivity index (χ3n) is 3.77. The summed E-state index contributed by atoms with van der Waals surface area (Å²) in [7, 11) is 3.30. The number of amides is 2. The third kappa shape index (κ3) is 4.89. The topological polar surface area (TPSA) is 44.4 Å². The van der Waals surface area contributed by atoms with Gasteiger partial charge in [-0.05, 0) is 36.2 Å². The van der Waals surface area contributed by atoms with Gasteiger partial charge in [0.1, 0.15) is 0 Å². The maximum absolute atomic E-state index is 13.3. The second-order valence-corrected chi connectivity index (χ2v) is 5.86. The van der Waals surface area contributed by atoms with Crippen LogP contribution in [0.5, 0.6) is 0 Å². The molecule has 0 unspecified atom stereocenters. The maximum atomic E-state index is 13.3. The lowest BCUT2D eigenvalue weighted by molar-refractivity contribution is -0.136. The fourth-order valence-corrected chi connectivity index (χ4v) is 2.30. The van der Waals surface area contributed by atoms with Gasteiger partial charge in [-0.25, -0.2) is 4.79 Å². The molecule has 0 bridgehead atoms. The summed E-state index contributed by atoms with van der Waals surface area (Å²) in [4.78, 5) is 13.6. The smallest absolute Gasteiger partial charge is 0.378 e. The first-order valence-corrected chi connectivity index (χ1v) is 7.66. The predicted molar refractivity (Wildman–Crippen MR) is 92.8 cm³/mol. The minimum absolute atomic E-state index is 0.232. The lowest BCUT2D eigenvalue weighted by Gasteiger charge is -2.19. The fourth-order valence-electron chi connectivity index (χ4n) is 2.30. The van der Waals surface area contributed by atoms with E-state index in [2.05, 4.69) is 10.6 Å². The molecule has 0 aliphatic heterocycles. The Morgan fingerprint density at radius 2 is 1.80 bits per heavy atom. The van der Waals surface area contributed by atoms with Crippen LogP contribution < -0.4 is 15.5 Å². The highest BCUT2D eigenvalue weighted by molar-refractivity contribution is 5.90. The molecule has 134 valence electrons. The number of anilines is 2. The minimum atomic E-state index is -4.56. The van der Waals surface area contributed by atoms with E-state index in [4.69, 9.17) is 0 Å². The number of carbonyl (C=O) groups excluding carboxylic acids is 1. The van der Waals surface area contributed by atoms with E-state index in [1.807, 2.05) is 31.2 Å². The molecule has 2 amide bonds. The molecule has 0 heterocycles. The zero-order valence-electron chi connectivity index (χ0n) is 14.2. The van der Waals surface area contributed by atoms with Crippen molar-refractivity contribution < 1.29 is 18.0 Å². The monoisotopic (exact) mass is 351 g/mol. The number of halogens is 3. The molecular formula is C18H20F3N3O. The number of benzene rings is 2. The van der Waals surface area contributed by atoms with Crippen LogP contribution in [0.1, 0.15) is 16.7 Å². The molecule has 0 spiro atoms. The van der Waals surface area contributed by atoms with E-state index in [9.17, 15) is 18.0 Å². The molecule has 0 atom stereocenters. The molecule has 0 saturated heterocycles. The molecule has 0 aromatic heterocycles. The summed E-state index contributed by atoms with van der Waals surface area (Å²) >= 11 is 0. The van der Waals surface area contributed by atoms with Crippen LogP contribution >= 0.6 is 0 Å². The lowest BCUT2D eigenvalue weighted by Crippen LogP contribution is -2.29. The van der Waals surface area contributed by atoms with Gasteiger partial charge in [-0.1, -0.05) is 24.3 Å². The molecule has 0 saturated carbocycles. The van der Waals surface area contributed by atoms with Gasteiger partial charge in [-0.2, -0.15) is 13.2 Å². The molecule has 2 aromatic rings. The number of alkyl halides is 3. The number of hydrogen-bond acceptors (Lipinski definition) is 2. The summed E-state index contributed by atoms with van der Waals surface area (Å²) in [6.07, 6.45) is -4.56. The van der Waals surface area contributed by atoms with Crippen molar-refractivity contribution in [3.63, 3.8) is 0 Å². The van der Waals surface area contributed by atoms with Crippen molar-refractivity contribution in [2.75, 3.05) is 24.3 Å². The van der Waals surface area contributed by atoms with E-state index in [1.54, 1.807) is 19.0 Å². The Labute approximate surface area is 144 Å². The van der Waals surface area contributed by atoms with Crippen LogP contribution in [0.2, 0.25) is 0 Å². The molecule has 7 heteroatoms. The average molecular weight is 351 g/mol. The van der Waals surface area contributed by atoms with Crippen LogP contribution in [0.3, 0.4) is 0 Å². The van der Waals surface area contributed by atoms with Crippen LogP contribution in [-0.2, 0) is 12.7 Å². The minimum Gasteiger partial charge on any atom is -0.378 e. The van der Waals surface area contributed by atoms with Crippen LogP contribution in [0.4, 0.5) is 29.3 Å². The number of aryl methyl sites for hydroxylation is 1. The Bertz CT molecular complexity index is 757. The molecule has 0 fully saturated rings. The molecular weight excluding hydrogens is 331 g/mol. The van der Waals surface area contributed by atoms with Gasteiger partial charge in [0.15, 0.2) is 0 Å². The standard InChI is InChI=1S/C18H20F3N3O/c1-12-6-4-5-7-13(12)11-22-17(25)23-16-9-8-14(24(2)3)10-15(16)18(19,20)21/h4-10H,11H2,1-3H3,(H2,22,23,25). The Kier molecular flexibility index (Phi) is 5.56. The van der Waals surface area contributed by atoms with Gasteiger partial charge in [-0.15, -0.1) is 0 Å². The number of hydrogen-bond donors (Lipinski definition) is 2. The molecule has 0 aliphatic carbocycles. The van der Waals surface area contributed by atoms with E-state index in [1.165, 1.54) is 12.1 Å². The molecule has 2 aromatic carbocycles. The molecule has 0 radical (unpaired) electrons. The SMILES string of the molecule is Cc1ccccc1CNC(=O)Nc1ccc(N(C)C)cc1C(F)(F)F. The summed E-state index contributed by atoms with van der Waals surface area (Å²) in [6.45, 7) is 2.13. The second kappa shape index (κ2) is 7.46.